The van der Waals surface area contributed by atoms with E-state index in [9.17, 15) is 22.8 Å². The summed E-state index contributed by atoms with van der Waals surface area (Å²) in [6.45, 7) is 1.36. The highest BCUT2D eigenvalue weighted by Crippen LogP contribution is 2.37. The van der Waals surface area contributed by atoms with E-state index in [0.29, 0.717) is 39.0 Å². The van der Waals surface area contributed by atoms with Gasteiger partial charge in [0.15, 0.2) is 23.9 Å². The maximum Gasteiger partial charge on any atom is 0.414 e. The summed E-state index contributed by atoms with van der Waals surface area (Å²) in [6, 6.07) is 16.5. The van der Waals surface area contributed by atoms with Crippen molar-refractivity contribution in [3.8, 4) is 11.5 Å². The van der Waals surface area contributed by atoms with Crippen LogP contribution in [0.3, 0.4) is 0 Å². The van der Waals surface area contributed by atoms with Crippen LogP contribution in [0.15, 0.2) is 79.1 Å². The van der Waals surface area contributed by atoms with E-state index in [1.54, 1.807) is 37.3 Å². The summed E-state index contributed by atoms with van der Waals surface area (Å²) in [5.74, 6) is -1.12. The zero-order valence-electron chi connectivity index (χ0n) is 28.2. The number of ether oxygens (including phenoxy) is 4. The minimum Gasteiger partial charge on any atom is -0.490 e. The number of nitrogens with zero attached hydrogens (tertiary/aromatic N) is 2. The number of pyridine rings is 1. The van der Waals surface area contributed by atoms with Gasteiger partial charge in [0.2, 0.25) is 0 Å². The number of aromatic nitrogens is 1. The van der Waals surface area contributed by atoms with E-state index >= 15 is 0 Å². The molecule has 3 aliphatic rings. The number of hydrogen-bond acceptors (Lipinski definition) is 7. The second-order valence-electron chi connectivity index (χ2n) is 12.6. The molecule has 1 aromatic heterocycles. The number of fused-ring (bicyclic) bond motifs is 3. The fourth-order valence-electron chi connectivity index (χ4n) is 6.59. The van der Waals surface area contributed by atoms with Crippen LogP contribution in [0.25, 0.3) is 0 Å². The lowest BCUT2D eigenvalue weighted by molar-refractivity contribution is -0.377. The van der Waals surface area contributed by atoms with Gasteiger partial charge in [-0.2, -0.15) is 8.78 Å². The first-order valence-corrected chi connectivity index (χ1v) is 17.6. The maximum atomic E-state index is 14.4. The number of carbonyl (C=O) groups is 2. The Kier molecular flexibility index (Phi) is 12.1. The van der Waals surface area contributed by atoms with Crippen LogP contribution in [0.5, 0.6) is 11.5 Å². The third-order valence-electron chi connectivity index (χ3n) is 9.18. The number of aromatic amines is 1. The van der Waals surface area contributed by atoms with E-state index in [-0.39, 0.29) is 48.7 Å². The van der Waals surface area contributed by atoms with Gasteiger partial charge in [0.1, 0.15) is 28.1 Å². The Morgan fingerprint density at radius 2 is 1.73 bits per heavy atom. The molecule has 2 bridgehead atoms. The smallest absolute Gasteiger partial charge is 0.414 e. The highest BCUT2D eigenvalue weighted by Gasteiger charge is 2.37. The summed E-state index contributed by atoms with van der Waals surface area (Å²) in [7, 11) is 0. The predicted octanol–water partition coefficient (Wildman–Crippen LogP) is 8.32. The second-order valence-corrected chi connectivity index (χ2v) is 13.4. The average Bonchev–Trinajstić information content (AvgIpc) is 3.13. The van der Waals surface area contributed by atoms with Crippen molar-refractivity contribution in [3.05, 3.63) is 117 Å². The first kappa shape index (κ1) is 37.2. The van der Waals surface area contributed by atoms with Gasteiger partial charge < -0.3 is 18.9 Å². The van der Waals surface area contributed by atoms with Gasteiger partial charge in [-0.05, 0) is 92.4 Å². The van der Waals surface area contributed by atoms with Crippen LogP contribution in [-0.4, -0.2) is 55.9 Å². The molecule has 7 rings (SSSR count). The Labute approximate surface area is 309 Å². The number of esters is 1. The first-order chi connectivity index (χ1) is 25.1. The standard InChI is InChI=1S/C38H36Cl2F3N3O6/c1-2-49-34-16-25(9-10-32(34)51-37(42)43)33(18-29-30(39)19-44-20-31(29)40)50-36(47)26-6-3-5-23(15-26)21-46(28-8-4-7-27(41)17-28)38(48)52-35-22-45-13-11-24(35)12-14-45/h3-10,15-17,19-20,24,33,35,37H,2,11-14,18,21-22H2,1H3/p+1/t33-,35-/m0/s1. The SMILES string of the molecule is CCOc1cc([C@H](Cc2c(Cl)c[nH+]cc2Cl)OC(=O)c2cccc(CN(C(=O)O[C@H]3CN4CCC3CC4)c3cccc(F)c3)c2)ccc1OC(F)F. The highest BCUT2D eigenvalue weighted by molar-refractivity contribution is 6.35. The zero-order chi connectivity index (χ0) is 36.8. The summed E-state index contributed by atoms with van der Waals surface area (Å²) >= 11 is 12.9. The Morgan fingerprint density at radius 1 is 0.981 bits per heavy atom. The van der Waals surface area contributed by atoms with Crippen molar-refractivity contribution in [3.63, 3.8) is 0 Å². The molecule has 3 aromatic carbocycles. The molecule has 0 radical (unpaired) electrons. The third kappa shape index (κ3) is 9.09. The summed E-state index contributed by atoms with van der Waals surface area (Å²) in [6.07, 6.45) is 3.09. The fraction of sp³-hybridized carbons (Fsp3) is 0.342. The molecule has 2 atom stereocenters. The van der Waals surface area contributed by atoms with E-state index in [1.807, 2.05) is 0 Å². The Hall–Kier alpha value is -4.52. The largest absolute Gasteiger partial charge is 0.490 e. The molecule has 3 fully saturated rings. The molecular formula is C38H37Cl2F3N3O6+. The number of anilines is 1. The third-order valence-corrected chi connectivity index (χ3v) is 9.86. The summed E-state index contributed by atoms with van der Waals surface area (Å²) in [5.41, 5.74) is 1.90. The molecule has 3 saturated heterocycles. The van der Waals surface area contributed by atoms with Gasteiger partial charge in [0, 0.05) is 18.5 Å². The normalized spacial score (nSPS) is 18.5. The minimum atomic E-state index is -3.08. The van der Waals surface area contributed by atoms with E-state index in [1.165, 1.54) is 53.7 Å². The maximum absolute atomic E-state index is 14.4. The lowest BCUT2D eigenvalue weighted by Crippen LogP contribution is -2.53. The molecule has 0 unspecified atom stereocenters. The number of piperidine rings is 3. The monoisotopic (exact) mass is 758 g/mol. The first-order valence-electron chi connectivity index (χ1n) is 16.9. The van der Waals surface area contributed by atoms with Crippen molar-refractivity contribution in [2.24, 2.45) is 5.92 Å². The molecule has 1 N–H and O–H groups in total. The van der Waals surface area contributed by atoms with Gasteiger partial charge in [0.05, 0.1) is 24.4 Å². The molecule has 14 heteroatoms. The van der Waals surface area contributed by atoms with Crippen LogP contribution >= 0.6 is 23.2 Å². The van der Waals surface area contributed by atoms with Crippen molar-refractivity contribution < 1.29 is 46.7 Å². The molecule has 9 nitrogen and oxygen atoms in total. The van der Waals surface area contributed by atoms with Crippen molar-refractivity contribution in [1.29, 1.82) is 0 Å². The van der Waals surface area contributed by atoms with Gasteiger partial charge in [-0.15, -0.1) is 0 Å². The summed E-state index contributed by atoms with van der Waals surface area (Å²) in [4.78, 5) is 34.0. The minimum absolute atomic E-state index is 0.0248. The van der Waals surface area contributed by atoms with E-state index < -0.39 is 30.6 Å². The van der Waals surface area contributed by atoms with Gasteiger partial charge in [-0.3, -0.25) is 9.80 Å². The van der Waals surface area contributed by atoms with Crippen LogP contribution in [0.2, 0.25) is 10.0 Å². The second kappa shape index (κ2) is 16.9. The van der Waals surface area contributed by atoms with E-state index in [0.717, 1.165) is 25.9 Å². The molecule has 274 valence electrons. The molecule has 0 saturated carbocycles. The molecule has 0 spiro atoms. The van der Waals surface area contributed by atoms with E-state index in [4.69, 9.17) is 37.4 Å². The number of halogens is 5. The fourth-order valence-corrected chi connectivity index (χ4v) is 7.12. The van der Waals surface area contributed by atoms with Gasteiger partial charge in [-0.1, -0.05) is 47.5 Å². The van der Waals surface area contributed by atoms with Crippen molar-refractivity contribution in [1.82, 2.24) is 4.90 Å². The van der Waals surface area contributed by atoms with Gasteiger partial charge in [0.25, 0.3) is 0 Å². The van der Waals surface area contributed by atoms with Crippen LogP contribution in [0.1, 0.15) is 52.9 Å². The molecule has 0 aliphatic carbocycles. The van der Waals surface area contributed by atoms with Crippen molar-refractivity contribution in [2.45, 2.75) is 51.6 Å². The molecule has 4 heterocycles. The molecular weight excluding hydrogens is 722 g/mol. The number of nitrogens with one attached hydrogen (secondary N) is 1. The van der Waals surface area contributed by atoms with Crippen LogP contribution < -0.4 is 19.4 Å². The molecule has 3 aliphatic heterocycles. The van der Waals surface area contributed by atoms with Crippen LogP contribution in [-0.2, 0) is 22.4 Å². The number of amides is 1. The topological polar surface area (TPSA) is 91.7 Å². The van der Waals surface area contributed by atoms with Gasteiger partial charge >= 0.3 is 18.7 Å². The molecule has 1 amide bonds. The van der Waals surface area contributed by atoms with Crippen molar-refractivity contribution in [2.75, 3.05) is 31.1 Å². The number of rotatable bonds is 13. The number of carbonyl (C=O) groups excluding carboxylic acids is 2. The number of hydrogen-bond donors (Lipinski definition) is 0. The Morgan fingerprint density at radius 3 is 2.40 bits per heavy atom. The summed E-state index contributed by atoms with van der Waals surface area (Å²) in [5, 5.41) is 0.585. The zero-order valence-corrected chi connectivity index (χ0v) is 29.7. The predicted molar refractivity (Wildman–Crippen MR) is 188 cm³/mol. The Bertz CT molecular complexity index is 1870. The van der Waals surface area contributed by atoms with Gasteiger partial charge in [-0.25, -0.2) is 19.0 Å². The lowest BCUT2D eigenvalue weighted by atomic mass is 9.86. The summed E-state index contributed by atoms with van der Waals surface area (Å²) < 4.78 is 62.9. The molecule has 4 aromatic rings. The average molecular weight is 760 g/mol. The highest BCUT2D eigenvalue weighted by atomic mass is 35.5. The van der Waals surface area contributed by atoms with Crippen LogP contribution in [0.4, 0.5) is 23.7 Å². The quantitative estimate of drug-likeness (QED) is 0.127. The van der Waals surface area contributed by atoms with E-state index in [2.05, 4.69) is 14.6 Å². The van der Waals surface area contributed by atoms with Crippen molar-refractivity contribution >= 4 is 41.0 Å². The number of benzene rings is 3. The number of H-pyrrole nitrogens is 1. The number of alkyl halides is 2. The molecule has 52 heavy (non-hydrogen) atoms. The van der Waals surface area contributed by atoms with Crippen LogP contribution in [0, 0.1) is 11.7 Å². The lowest BCUT2D eigenvalue weighted by Gasteiger charge is -2.44. The Balaban J connectivity index is 1.26.